The van der Waals surface area contributed by atoms with Gasteiger partial charge in [-0.25, -0.2) is 0 Å². The third-order valence-corrected chi connectivity index (χ3v) is 3.52. The minimum atomic E-state index is -1.03. The van der Waals surface area contributed by atoms with Gasteiger partial charge >= 0.3 is 5.97 Å². The van der Waals surface area contributed by atoms with Crippen LogP contribution < -0.4 is 5.73 Å². The van der Waals surface area contributed by atoms with Crippen LogP contribution in [0.15, 0.2) is 0 Å². The standard InChI is InChI=1S/C10H20N2O3S/c1-4-12(5-2)9(13)7(3)16-6-8(11)10(14)15/h7-8H,4-6,11H2,1-3H3,(H,14,15)/t7?,8-/m0/s1. The number of carboxylic acids is 1. The molecule has 0 bridgehead atoms. The number of hydrogen-bond acceptors (Lipinski definition) is 4. The van der Waals surface area contributed by atoms with E-state index >= 15 is 0 Å². The maximum atomic E-state index is 11.8. The van der Waals surface area contributed by atoms with Crippen LogP contribution in [0.5, 0.6) is 0 Å². The van der Waals surface area contributed by atoms with E-state index in [1.807, 2.05) is 13.8 Å². The van der Waals surface area contributed by atoms with E-state index < -0.39 is 12.0 Å². The van der Waals surface area contributed by atoms with Gasteiger partial charge in [0.05, 0.1) is 5.25 Å². The molecule has 0 spiro atoms. The lowest BCUT2D eigenvalue weighted by Gasteiger charge is -2.22. The molecule has 0 aliphatic carbocycles. The Kier molecular flexibility index (Phi) is 7.16. The minimum Gasteiger partial charge on any atom is -0.480 e. The van der Waals surface area contributed by atoms with Crippen LogP contribution in [-0.4, -0.2) is 52.0 Å². The summed E-state index contributed by atoms with van der Waals surface area (Å²) in [6, 6.07) is -0.906. The van der Waals surface area contributed by atoms with Crippen molar-refractivity contribution >= 4 is 23.6 Å². The van der Waals surface area contributed by atoms with Gasteiger partial charge in [0.15, 0.2) is 0 Å². The molecule has 1 unspecified atom stereocenters. The molecule has 0 rings (SSSR count). The van der Waals surface area contributed by atoms with E-state index in [1.54, 1.807) is 11.8 Å². The second-order valence-corrected chi connectivity index (χ2v) is 4.80. The van der Waals surface area contributed by atoms with Gasteiger partial charge in [0, 0.05) is 18.8 Å². The van der Waals surface area contributed by atoms with Crippen molar-refractivity contribution in [2.24, 2.45) is 5.73 Å². The van der Waals surface area contributed by atoms with E-state index in [9.17, 15) is 9.59 Å². The first kappa shape index (κ1) is 15.2. The van der Waals surface area contributed by atoms with Crippen LogP contribution in [0, 0.1) is 0 Å². The Labute approximate surface area is 100 Å². The summed E-state index contributed by atoms with van der Waals surface area (Å²) < 4.78 is 0. The van der Waals surface area contributed by atoms with Gasteiger partial charge in [0.1, 0.15) is 6.04 Å². The van der Waals surface area contributed by atoms with Gasteiger partial charge in [-0.05, 0) is 20.8 Å². The number of nitrogens with zero attached hydrogens (tertiary/aromatic N) is 1. The quantitative estimate of drug-likeness (QED) is 0.681. The van der Waals surface area contributed by atoms with Crippen molar-refractivity contribution in [2.45, 2.75) is 32.1 Å². The van der Waals surface area contributed by atoms with Gasteiger partial charge in [0.2, 0.25) is 5.91 Å². The molecular formula is C10H20N2O3S. The minimum absolute atomic E-state index is 0.0348. The summed E-state index contributed by atoms with van der Waals surface area (Å²) in [5, 5.41) is 8.36. The Morgan fingerprint density at radius 1 is 1.38 bits per heavy atom. The van der Waals surface area contributed by atoms with Crippen molar-refractivity contribution in [3.8, 4) is 0 Å². The number of amides is 1. The topological polar surface area (TPSA) is 83.6 Å². The Hall–Kier alpha value is -0.750. The molecule has 0 fully saturated rings. The van der Waals surface area contributed by atoms with E-state index in [0.29, 0.717) is 13.1 Å². The van der Waals surface area contributed by atoms with Gasteiger partial charge in [-0.15, -0.1) is 11.8 Å². The van der Waals surface area contributed by atoms with Gasteiger partial charge < -0.3 is 15.7 Å². The molecule has 0 radical (unpaired) electrons. The normalized spacial score (nSPS) is 14.2. The molecule has 5 nitrogen and oxygen atoms in total. The van der Waals surface area contributed by atoms with Crippen LogP contribution in [0.25, 0.3) is 0 Å². The van der Waals surface area contributed by atoms with Gasteiger partial charge in [-0.2, -0.15) is 0 Å². The maximum absolute atomic E-state index is 11.8. The zero-order valence-corrected chi connectivity index (χ0v) is 10.8. The lowest BCUT2D eigenvalue weighted by molar-refractivity contribution is -0.138. The molecule has 0 aromatic carbocycles. The van der Waals surface area contributed by atoms with Gasteiger partial charge in [0.25, 0.3) is 0 Å². The summed E-state index contributed by atoms with van der Waals surface area (Å²) in [6.45, 7) is 6.96. The van der Waals surface area contributed by atoms with Crippen molar-refractivity contribution in [3.63, 3.8) is 0 Å². The molecule has 0 aromatic rings. The number of carbonyl (C=O) groups excluding carboxylic acids is 1. The highest BCUT2D eigenvalue weighted by Crippen LogP contribution is 2.14. The third-order valence-electron chi connectivity index (χ3n) is 2.27. The molecule has 3 N–H and O–H groups in total. The predicted molar refractivity (Wildman–Crippen MR) is 65.5 cm³/mol. The number of carbonyl (C=O) groups is 2. The summed E-state index contributed by atoms with van der Waals surface area (Å²) in [5.74, 6) is -0.744. The maximum Gasteiger partial charge on any atom is 0.321 e. The molecule has 0 saturated carbocycles. The molecule has 94 valence electrons. The molecule has 0 heterocycles. The lowest BCUT2D eigenvalue weighted by Crippen LogP contribution is -2.38. The highest BCUT2D eigenvalue weighted by atomic mass is 32.2. The van der Waals surface area contributed by atoms with Crippen LogP contribution in [0.3, 0.4) is 0 Å². The number of nitrogens with two attached hydrogens (primary N) is 1. The Morgan fingerprint density at radius 3 is 2.25 bits per heavy atom. The molecule has 1 amide bonds. The van der Waals surface area contributed by atoms with Crippen molar-refractivity contribution < 1.29 is 14.7 Å². The van der Waals surface area contributed by atoms with Crippen LogP contribution in [0.1, 0.15) is 20.8 Å². The van der Waals surface area contributed by atoms with E-state index in [4.69, 9.17) is 10.8 Å². The fourth-order valence-electron chi connectivity index (χ4n) is 1.18. The average molecular weight is 248 g/mol. The zero-order valence-electron chi connectivity index (χ0n) is 9.97. The second kappa shape index (κ2) is 7.51. The highest BCUT2D eigenvalue weighted by Gasteiger charge is 2.21. The lowest BCUT2D eigenvalue weighted by atomic mass is 10.4. The third kappa shape index (κ3) is 4.85. The van der Waals surface area contributed by atoms with Crippen LogP contribution in [-0.2, 0) is 9.59 Å². The molecule has 0 aliphatic heterocycles. The molecule has 6 heteroatoms. The molecule has 2 atom stereocenters. The second-order valence-electron chi connectivity index (χ2n) is 3.43. The highest BCUT2D eigenvalue weighted by molar-refractivity contribution is 8.00. The summed E-state index contributed by atoms with van der Waals surface area (Å²) in [6.07, 6.45) is 0. The first-order chi connectivity index (χ1) is 7.43. The van der Waals surface area contributed by atoms with Crippen molar-refractivity contribution in [1.82, 2.24) is 4.90 Å². The Morgan fingerprint density at radius 2 is 1.88 bits per heavy atom. The summed E-state index contributed by atoms with van der Waals surface area (Å²) in [7, 11) is 0. The van der Waals surface area contributed by atoms with E-state index in [1.165, 1.54) is 11.8 Å². The van der Waals surface area contributed by atoms with Crippen LogP contribution in [0.4, 0.5) is 0 Å². The number of aliphatic carboxylic acids is 1. The monoisotopic (exact) mass is 248 g/mol. The van der Waals surface area contributed by atoms with E-state index in [-0.39, 0.29) is 16.9 Å². The molecule has 16 heavy (non-hydrogen) atoms. The molecule has 0 aromatic heterocycles. The van der Waals surface area contributed by atoms with E-state index in [2.05, 4.69) is 0 Å². The van der Waals surface area contributed by atoms with Crippen molar-refractivity contribution in [2.75, 3.05) is 18.8 Å². The van der Waals surface area contributed by atoms with Crippen LogP contribution in [0.2, 0.25) is 0 Å². The number of thioether (sulfide) groups is 1. The Balaban J connectivity index is 4.10. The molecule has 0 saturated heterocycles. The average Bonchev–Trinajstić information content (AvgIpc) is 2.26. The summed E-state index contributed by atoms with van der Waals surface area (Å²) >= 11 is 1.28. The fourth-order valence-corrected chi connectivity index (χ4v) is 2.11. The molecular weight excluding hydrogens is 228 g/mol. The summed E-state index contributed by atoms with van der Waals surface area (Å²) in [4.78, 5) is 24.0. The van der Waals surface area contributed by atoms with Crippen molar-refractivity contribution in [3.05, 3.63) is 0 Å². The van der Waals surface area contributed by atoms with Gasteiger partial charge in [-0.3, -0.25) is 9.59 Å². The van der Waals surface area contributed by atoms with Gasteiger partial charge in [-0.1, -0.05) is 0 Å². The number of carboxylic acid groups (broad SMARTS) is 1. The van der Waals surface area contributed by atoms with E-state index in [0.717, 1.165) is 0 Å². The zero-order chi connectivity index (χ0) is 12.7. The Bertz CT molecular complexity index is 244. The fraction of sp³-hybridized carbons (Fsp3) is 0.800. The predicted octanol–water partition coefficient (Wildman–Crippen LogP) is 0.388. The number of rotatable bonds is 7. The van der Waals surface area contributed by atoms with Crippen LogP contribution >= 0.6 is 11.8 Å². The number of hydrogen-bond donors (Lipinski definition) is 2. The van der Waals surface area contributed by atoms with Crippen molar-refractivity contribution in [1.29, 1.82) is 0 Å². The largest absolute Gasteiger partial charge is 0.480 e. The molecule has 0 aliphatic rings. The SMILES string of the molecule is CCN(CC)C(=O)C(C)SC[C@H](N)C(=O)O. The first-order valence-electron chi connectivity index (χ1n) is 5.32. The summed E-state index contributed by atoms with van der Waals surface area (Å²) in [5.41, 5.74) is 5.36. The first-order valence-corrected chi connectivity index (χ1v) is 6.37. The smallest absolute Gasteiger partial charge is 0.321 e.